The van der Waals surface area contributed by atoms with Gasteiger partial charge < -0.3 is 10.6 Å². The number of aryl methyl sites for hydroxylation is 3. The fourth-order valence-electron chi connectivity index (χ4n) is 2.62. The summed E-state index contributed by atoms with van der Waals surface area (Å²) in [6.45, 7) is 8.92. The van der Waals surface area contributed by atoms with Crippen LogP contribution in [0.2, 0.25) is 0 Å². The second-order valence-electron chi connectivity index (χ2n) is 5.61. The van der Waals surface area contributed by atoms with Gasteiger partial charge in [-0.3, -0.25) is 4.79 Å². The number of carbonyl (C=O) groups excluding carboxylic acids is 1. The number of carbonyl (C=O) groups is 1. The second kappa shape index (κ2) is 6.20. The molecule has 1 heterocycles. The van der Waals surface area contributed by atoms with Gasteiger partial charge in [0.15, 0.2) is 0 Å². The minimum atomic E-state index is 0.188. The molecule has 104 valence electrons. The summed E-state index contributed by atoms with van der Waals surface area (Å²) in [4.78, 5) is 12.1. The Labute approximate surface area is 115 Å². The largest absolute Gasteiger partial charge is 0.352 e. The molecule has 1 saturated heterocycles. The van der Waals surface area contributed by atoms with Crippen LogP contribution in [-0.4, -0.2) is 19.0 Å². The fraction of sp³-hybridized carbons (Fsp3) is 0.562. The molecule has 0 aromatic heterocycles. The first-order valence-corrected chi connectivity index (χ1v) is 7.13. The van der Waals surface area contributed by atoms with Crippen molar-refractivity contribution in [1.82, 2.24) is 10.6 Å². The maximum Gasteiger partial charge on any atom is 0.223 e. The van der Waals surface area contributed by atoms with Crippen LogP contribution in [0.3, 0.4) is 0 Å². The SMILES string of the molecule is Cc1cc(C)c(CNC(=O)C2CCNCC2)cc1C. The van der Waals surface area contributed by atoms with E-state index in [4.69, 9.17) is 0 Å². The number of hydrogen-bond donors (Lipinski definition) is 2. The molecule has 0 radical (unpaired) electrons. The number of hydrogen-bond acceptors (Lipinski definition) is 2. The van der Waals surface area contributed by atoms with Crippen molar-refractivity contribution in [2.24, 2.45) is 5.92 Å². The molecule has 1 fully saturated rings. The predicted octanol–water partition coefficient (Wildman–Crippen LogP) is 2.23. The van der Waals surface area contributed by atoms with Crippen LogP contribution < -0.4 is 10.6 Å². The molecule has 2 rings (SSSR count). The van der Waals surface area contributed by atoms with Crippen molar-refractivity contribution < 1.29 is 4.79 Å². The van der Waals surface area contributed by atoms with Gasteiger partial charge in [0.05, 0.1) is 0 Å². The summed E-state index contributed by atoms with van der Waals surface area (Å²) in [7, 11) is 0. The van der Waals surface area contributed by atoms with Crippen molar-refractivity contribution >= 4 is 5.91 Å². The number of amides is 1. The molecular formula is C16H24N2O. The molecule has 0 atom stereocenters. The van der Waals surface area contributed by atoms with Gasteiger partial charge in [0.2, 0.25) is 5.91 Å². The Bertz CT molecular complexity index is 462. The molecule has 0 unspecified atom stereocenters. The molecule has 0 bridgehead atoms. The van der Waals surface area contributed by atoms with Crippen LogP contribution in [0, 0.1) is 26.7 Å². The van der Waals surface area contributed by atoms with Crippen LogP contribution in [-0.2, 0) is 11.3 Å². The molecule has 1 aromatic carbocycles. The van der Waals surface area contributed by atoms with Gasteiger partial charge in [-0.1, -0.05) is 12.1 Å². The van der Waals surface area contributed by atoms with Crippen LogP contribution in [0.4, 0.5) is 0 Å². The van der Waals surface area contributed by atoms with Gasteiger partial charge in [-0.15, -0.1) is 0 Å². The van der Waals surface area contributed by atoms with E-state index in [2.05, 4.69) is 43.5 Å². The van der Waals surface area contributed by atoms with Gasteiger partial charge in [-0.25, -0.2) is 0 Å². The third-order valence-corrected chi connectivity index (χ3v) is 4.12. The Morgan fingerprint density at radius 3 is 2.47 bits per heavy atom. The lowest BCUT2D eigenvalue weighted by Crippen LogP contribution is -2.37. The average Bonchev–Trinajstić information content (AvgIpc) is 2.42. The predicted molar refractivity (Wildman–Crippen MR) is 78.1 cm³/mol. The first kappa shape index (κ1) is 14.1. The van der Waals surface area contributed by atoms with Gasteiger partial charge in [-0.2, -0.15) is 0 Å². The van der Waals surface area contributed by atoms with Crippen molar-refractivity contribution in [3.8, 4) is 0 Å². The minimum Gasteiger partial charge on any atom is -0.352 e. The van der Waals surface area contributed by atoms with E-state index in [0.29, 0.717) is 6.54 Å². The number of piperidine rings is 1. The molecule has 3 heteroatoms. The molecule has 19 heavy (non-hydrogen) atoms. The Morgan fingerprint density at radius 2 is 1.79 bits per heavy atom. The Balaban J connectivity index is 1.94. The average molecular weight is 260 g/mol. The number of rotatable bonds is 3. The van der Waals surface area contributed by atoms with Gasteiger partial charge in [0.1, 0.15) is 0 Å². The molecule has 3 nitrogen and oxygen atoms in total. The van der Waals surface area contributed by atoms with Gasteiger partial charge in [-0.05, 0) is 69.0 Å². The molecule has 1 aliphatic rings. The Morgan fingerprint density at radius 1 is 1.16 bits per heavy atom. The highest BCUT2D eigenvalue weighted by molar-refractivity contribution is 5.78. The van der Waals surface area contributed by atoms with Crippen molar-refractivity contribution in [1.29, 1.82) is 0 Å². The third kappa shape index (κ3) is 3.57. The van der Waals surface area contributed by atoms with E-state index >= 15 is 0 Å². The first-order valence-electron chi connectivity index (χ1n) is 7.13. The lowest BCUT2D eigenvalue weighted by molar-refractivity contribution is -0.125. The lowest BCUT2D eigenvalue weighted by Gasteiger charge is -2.22. The summed E-state index contributed by atoms with van der Waals surface area (Å²) in [5, 5.41) is 6.38. The summed E-state index contributed by atoms with van der Waals surface area (Å²) in [6, 6.07) is 4.38. The van der Waals surface area contributed by atoms with Crippen LogP contribution in [0.15, 0.2) is 12.1 Å². The summed E-state index contributed by atoms with van der Waals surface area (Å²) < 4.78 is 0. The zero-order valence-corrected chi connectivity index (χ0v) is 12.2. The van der Waals surface area contributed by atoms with E-state index in [9.17, 15) is 4.79 Å². The van der Waals surface area contributed by atoms with E-state index in [-0.39, 0.29) is 11.8 Å². The molecule has 1 amide bonds. The lowest BCUT2D eigenvalue weighted by atomic mass is 9.96. The molecule has 1 aliphatic heterocycles. The number of nitrogens with one attached hydrogen (secondary N) is 2. The summed E-state index contributed by atoms with van der Waals surface area (Å²) in [5.41, 5.74) is 5.08. The molecule has 0 saturated carbocycles. The van der Waals surface area contributed by atoms with Gasteiger partial charge >= 0.3 is 0 Å². The zero-order valence-electron chi connectivity index (χ0n) is 12.2. The van der Waals surface area contributed by atoms with E-state index < -0.39 is 0 Å². The normalized spacial score (nSPS) is 16.4. The fourth-order valence-corrected chi connectivity index (χ4v) is 2.62. The molecule has 2 N–H and O–H groups in total. The van der Waals surface area contributed by atoms with Crippen molar-refractivity contribution in [2.45, 2.75) is 40.2 Å². The minimum absolute atomic E-state index is 0.188. The summed E-state index contributed by atoms with van der Waals surface area (Å²) in [6.07, 6.45) is 1.91. The smallest absolute Gasteiger partial charge is 0.223 e. The maximum absolute atomic E-state index is 12.1. The molecule has 1 aromatic rings. The van der Waals surface area contributed by atoms with Crippen molar-refractivity contribution in [3.05, 3.63) is 34.4 Å². The number of benzene rings is 1. The Hall–Kier alpha value is -1.35. The summed E-state index contributed by atoms with van der Waals surface area (Å²) >= 11 is 0. The maximum atomic E-state index is 12.1. The highest BCUT2D eigenvalue weighted by Crippen LogP contribution is 2.16. The molecular weight excluding hydrogens is 236 g/mol. The standard InChI is InChI=1S/C16H24N2O/c1-11-8-13(3)15(9-12(11)2)10-18-16(19)14-4-6-17-7-5-14/h8-9,14,17H,4-7,10H2,1-3H3,(H,18,19). The van der Waals surface area contributed by atoms with E-state index in [1.54, 1.807) is 0 Å². The van der Waals surface area contributed by atoms with Gasteiger partial charge in [0, 0.05) is 12.5 Å². The zero-order chi connectivity index (χ0) is 13.8. The van der Waals surface area contributed by atoms with Crippen molar-refractivity contribution in [3.63, 3.8) is 0 Å². The highest BCUT2D eigenvalue weighted by atomic mass is 16.1. The van der Waals surface area contributed by atoms with E-state index in [0.717, 1.165) is 25.9 Å². The van der Waals surface area contributed by atoms with E-state index in [1.807, 2.05) is 0 Å². The summed E-state index contributed by atoms with van der Waals surface area (Å²) in [5.74, 6) is 0.396. The molecule has 0 aliphatic carbocycles. The third-order valence-electron chi connectivity index (χ3n) is 4.12. The van der Waals surface area contributed by atoms with Crippen LogP contribution >= 0.6 is 0 Å². The van der Waals surface area contributed by atoms with Crippen molar-refractivity contribution in [2.75, 3.05) is 13.1 Å². The van der Waals surface area contributed by atoms with E-state index in [1.165, 1.54) is 22.3 Å². The first-order chi connectivity index (χ1) is 9.08. The highest BCUT2D eigenvalue weighted by Gasteiger charge is 2.20. The molecule has 0 spiro atoms. The van der Waals surface area contributed by atoms with Crippen LogP contribution in [0.5, 0.6) is 0 Å². The van der Waals surface area contributed by atoms with Crippen LogP contribution in [0.1, 0.15) is 35.1 Å². The quantitative estimate of drug-likeness (QED) is 0.875. The monoisotopic (exact) mass is 260 g/mol. The Kier molecular flexibility index (Phi) is 4.59. The van der Waals surface area contributed by atoms with Gasteiger partial charge in [0.25, 0.3) is 0 Å². The van der Waals surface area contributed by atoms with Crippen LogP contribution in [0.25, 0.3) is 0 Å². The topological polar surface area (TPSA) is 41.1 Å². The second-order valence-corrected chi connectivity index (χ2v) is 5.61.